The van der Waals surface area contributed by atoms with Crippen LogP contribution in [0.15, 0.2) is 60.7 Å². The highest BCUT2D eigenvalue weighted by atomic mass is 19.1. The third-order valence-electron chi connectivity index (χ3n) is 3.16. The molecule has 0 aliphatic heterocycles. The van der Waals surface area contributed by atoms with Gasteiger partial charge in [0.2, 0.25) is 0 Å². The summed E-state index contributed by atoms with van der Waals surface area (Å²) in [5, 5.41) is 0. The summed E-state index contributed by atoms with van der Waals surface area (Å²) in [6, 6.07) is 15.1. The summed E-state index contributed by atoms with van der Waals surface area (Å²) in [6.45, 7) is -0.383. The number of carbonyl (C=O) groups excluding carboxylic acids is 2. The van der Waals surface area contributed by atoms with Crippen LogP contribution in [-0.4, -0.2) is 25.5 Å². The topological polar surface area (TPSA) is 46.6 Å². The van der Waals surface area contributed by atoms with Gasteiger partial charge >= 0.3 is 5.97 Å². The van der Waals surface area contributed by atoms with Crippen molar-refractivity contribution in [2.24, 2.45) is 0 Å². The first-order valence-corrected chi connectivity index (χ1v) is 6.99. The largest absolute Gasteiger partial charge is 0.452 e. The lowest BCUT2D eigenvalue weighted by Gasteiger charge is -2.16. The van der Waals surface area contributed by atoms with Crippen LogP contribution in [0.2, 0.25) is 0 Å². The summed E-state index contributed by atoms with van der Waals surface area (Å²) < 4.78 is 18.3. The van der Waals surface area contributed by atoms with Crippen LogP contribution in [0.25, 0.3) is 6.08 Å². The number of nitrogens with zero attached hydrogens (tertiary/aromatic N) is 1. The number of ether oxygens (including phenoxy) is 1. The number of hydrogen-bond acceptors (Lipinski definition) is 3. The highest BCUT2D eigenvalue weighted by Gasteiger charge is 2.12. The second-order valence-electron chi connectivity index (χ2n) is 4.75. The maximum absolute atomic E-state index is 13.4. The fourth-order valence-corrected chi connectivity index (χ4v) is 1.84. The second-order valence-corrected chi connectivity index (χ2v) is 4.75. The minimum absolute atomic E-state index is 0.275. The van der Waals surface area contributed by atoms with Crippen LogP contribution in [0.5, 0.6) is 0 Å². The van der Waals surface area contributed by atoms with E-state index in [-0.39, 0.29) is 18.1 Å². The summed E-state index contributed by atoms with van der Waals surface area (Å²) in [5.41, 5.74) is 0.979. The number of esters is 1. The molecular formula is C18H16FNO3. The summed E-state index contributed by atoms with van der Waals surface area (Å²) >= 11 is 0. The SMILES string of the molecule is CN(C(=O)COC(=O)/C=C/c1ccccc1F)c1ccccc1. The van der Waals surface area contributed by atoms with Crippen LogP contribution in [0.3, 0.4) is 0 Å². The minimum atomic E-state index is -0.705. The normalized spacial score (nSPS) is 10.5. The maximum Gasteiger partial charge on any atom is 0.331 e. The van der Waals surface area contributed by atoms with Gasteiger partial charge in [-0.2, -0.15) is 0 Å². The lowest BCUT2D eigenvalue weighted by Crippen LogP contribution is -2.30. The molecule has 1 amide bonds. The molecule has 0 fully saturated rings. The van der Waals surface area contributed by atoms with Gasteiger partial charge in [-0.1, -0.05) is 36.4 Å². The average molecular weight is 313 g/mol. The van der Waals surface area contributed by atoms with E-state index in [9.17, 15) is 14.0 Å². The molecule has 0 radical (unpaired) electrons. The lowest BCUT2D eigenvalue weighted by atomic mass is 10.2. The van der Waals surface area contributed by atoms with E-state index in [4.69, 9.17) is 4.74 Å². The molecule has 118 valence electrons. The Morgan fingerprint density at radius 1 is 1.09 bits per heavy atom. The molecule has 0 bridgehead atoms. The molecule has 23 heavy (non-hydrogen) atoms. The molecule has 0 aliphatic rings. The number of likely N-dealkylation sites (N-methyl/N-ethyl adjacent to an activating group) is 1. The number of halogens is 1. The Kier molecular flexibility index (Phi) is 5.63. The molecule has 2 aromatic carbocycles. The molecule has 0 saturated carbocycles. The van der Waals surface area contributed by atoms with Crippen molar-refractivity contribution < 1.29 is 18.7 Å². The molecule has 0 atom stereocenters. The van der Waals surface area contributed by atoms with Gasteiger partial charge in [-0.15, -0.1) is 0 Å². The van der Waals surface area contributed by atoms with E-state index in [2.05, 4.69) is 0 Å². The predicted molar refractivity (Wildman–Crippen MR) is 86.2 cm³/mol. The second kappa shape index (κ2) is 7.89. The van der Waals surface area contributed by atoms with E-state index < -0.39 is 11.8 Å². The molecule has 0 heterocycles. The quantitative estimate of drug-likeness (QED) is 0.629. The number of para-hydroxylation sites is 1. The van der Waals surface area contributed by atoms with Crippen molar-refractivity contribution in [3.8, 4) is 0 Å². The Hall–Kier alpha value is -2.95. The van der Waals surface area contributed by atoms with Crippen molar-refractivity contribution in [3.63, 3.8) is 0 Å². The van der Waals surface area contributed by atoms with Gasteiger partial charge in [0.05, 0.1) is 0 Å². The first-order chi connectivity index (χ1) is 11.1. The Morgan fingerprint density at radius 3 is 2.43 bits per heavy atom. The van der Waals surface area contributed by atoms with Gasteiger partial charge in [-0.05, 0) is 24.3 Å². The molecule has 2 aromatic rings. The molecule has 0 aromatic heterocycles. The van der Waals surface area contributed by atoms with Gasteiger partial charge in [-0.25, -0.2) is 9.18 Å². The van der Waals surface area contributed by atoms with E-state index in [0.717, 1.165) is 6.08 Å². The van der Waals surface area contributed by atoms with Gasteiger partial charge < -0.3 is 9.64 Å². The fraction of sp³-hybridized carbons (Fsp3) is 0.111. The van der Waals surface area contributed by atoms with Crippen LogP contribution in [0.4, 0.5) is 10.1 Å². The van der Waals surface area contributed by atoms with E-state index in [1.54, 1.807) is 31.3 Å². The molecule has 0 N–H and O–H groups in total. The van der Waals surface area contributed by atoms with Crippen molar-refractivity contribution in [1.29, 1.82) is 0 Å². The standard InChI is InChI=1S/C18H16FNO3/c1-20(15-8-3-2-4-9-15)17(21)13-23-18(22)12-11-14-7-5-6-10-16(14)19/h2-12H,13H2,1H3/b12-11+. The number of carbonyl (C=O) groups is 2. The first-order valence-electron chi connectivity index (χ1n) is 6.99. The Morgan fingerprint density at radius 2 is 1.74 bits per heavy atom. The minimum Gasteiger partial charge on any atom is -0.452 e. The highest BCUT2D eigenvalue weighted by molar-refractivity contribution is 5.96. The number of hydrogen-bond donors (Lipinski definition) is 0. The molecule has 0 saturated heterocycles. The molecule has 5 heteroatoms. The maximum atomic E-state index is 13.4. The molecule has 0 spiro atoms. The van der Waals surface area contributed by atoms with E-state index in [1.807, 2.05) is 18.2 Å². The van der Waals surface area contributed by atoms with E-state index >= 15 is 0 Å². The van der Waals surface area contributed by atoms with Crippen molar-refractivity contribution in [2.45, 2.75) is 0 Å². The van der Waals surface area contributed by atoms with Gasteiger partial charge in [0, 0.05) is 24.4 Å². The third-order valence-corrected chi connectivity index (χ3v) is 3.16. The van der Waals surface area contributed by atoms with Crippen LogP contribution < -0.4 is 4.90 Å². The molecular weight excluding hydrogens is 297 g/mol. The summed E-state index contributed by atoms with van der Waals surface area (Å²) in [6.07, 6.45) is 2.40. The smallest absolute Gasteiger partial charge is 0.331 e. The fourth-order valence-electron chi connectivity index (χ4n) is 1.84. The first kappa shape index (κ1) is 16.4. The van der Waals surface area contributed by atoms with Gasteiger partial charge in [0.25, 0.3) is 5.91 Å². The number of anilines is 1. The van der Waals surface area contributed by atoms with Crippen LogP contribution in [0.1, 0.15) is 5.56 Å². The Labute approximate surface area is 133 Å². The Balaban J connectivity index is 1.87. The predicted octanol–water partition coefficient (Wildman–Crippen LogP) is 3.05. The zero-order valence-electron chi connectivity index (χ0n) is 12.6. The van der Waals surface area contributed by atoms with Crippen molar-refractivity contribution in [3.05, 3.63) is 72.1 Å². The monoisotopic (exact) mass is 313 g/mol. The number of benzene rings is 2. The molecule has 0 aliphatic carbocycles. The van der Waals surface area contributed by atoms with E-state index in [0.29, 0.717) is 5.69 Å². The van der Waals surface area contributed by atoms with Crippen LogP contribution >= 0.6 is 0 Å². The van der Waals surface area contributed by atoms with Gasteiger partial charge in [-0.3, -0.25) is 4.79 Å². The Bertz CT molecular complexity index is 713. The van der Waals surface area contributed by atoms with Crippen molar-refractivity contribution in [2.75, 3.05) is 18.6 Å². The van der Waals surface area contributed by atoms with Crippen molar-refractivity contribution >= 4 is 23.6 Å². The van der Waals surface area contributed by atoms with Crippen LogP contribution in [0, 0.1) is 5.82 Å². The van der Waals surface area contributed by atoms with Gasteiger partial charge in [0.1, 0.15) is 5.82 Å². The molecule has 0 unspecified atom stereocenters. The number of rotatable bonds is 5. The van der Waals surface area contributed by atoms with Gasteiger partial charge in [0.15, 0.2) is 6.61 Å². The summed E-state index contributed by atoms with van der Waals surface area (Å²) in [7, 11) is 1.60. The number of amides is 1. The van der Waals surface area contributed by atoms with Crippen molar-refractivity contribution in [1.82, 2.24) is 0 Å². The lowest BCUT2D eigenvalue weighted by molar-refractivity contribution is -0.142. The summed E-state index contributed by atoms with van der Waals surface area (Å²) in [5.74, 6) is -1.50. The molecule has 4 nitrogen and oxygen atoms in total. The van der Waals surface area contributed by atoms with Crippen LogP contribution in [-0.2, 0) is 14.3 Å². The average Bonchev–Trinajstić information content (AvgIpc) is 2.59. The zero-order valence-corrected chi connectivity index (χ0v) is 12.6. The zero-order chi connectivity index (χ0) is 16.7. The highest BCUT2D eigenvalue weighted by Crippen LogP contribution is 2.11. The molecule has 2 rings (SSSR count). The summed E-state index contributed by atoms with van der Waals surface area (Å²) in [4.78, 5) is 24.9. The van der Waals surface area contributed by atoms with E-state index in [1.165, 1.54) is 23.1 Å². The third kappa shape index (κ3) is 4.78.